The molecule has 0 aromatic carbocycles. The van der Waals surface area contributed by atoms with Gasteiger partial charge in [0.25, 0.3) is 0 Å². The predicted octanol–water partition coefficient (Wildman–Crippen LogP) is -0.0127. The van der Waals surface area contributed by atoms with Crippen molar-refractivity contribution >= 4 is 11.4 Å². The molecule has 0 aliphatic heterocycles. The van der Waals surface area contributed by atoms with Crippen molar-refractivity contribution in [2.45, 2.75) is 0 Å². The summed E-state index contributed by atoms with van der Waals surface area (Å²) in [6, 6.07) is 0. The van der Waals surface area contributed by atoms with Crippen LogP contribution in [-0.2, 0) is 4.74 Å². The molecule has 1 aliphatic rings. The van der Waals surface area contributed by atoms with Gasteiger partial charge in [-0.2, -0.15) is 0 Å². The predicted molar refractivity (Wildman–Crippen MR) is 52.9 cm³/mol. The summed E-state index contributed by atoms with van der Waals surface area (Å²) in [5.74, 6) is 0.450. The van der Waals surface area contributed by atoms with Gasteiger partial charge >= 0.3 is 0 Å². The van der Waals surface area contributed by atoms with Crippen LogP contribution in [0.4, 0.5) is 0 Å². The van der Waals surface area contributed by atoms with Gasteiger partial charge in [0.05, 0.1) is 24.2 Å². The number of ether oxygens (including phenoxy) is 1. The van der Waals surface area contributed by atoms with Gasteiger partial charge in [-0.25, -0.2) is 0 Å². The zero-order chi connectivity index (χ0) is 10.4. The molecular formula is C8H14N4O. The highest BCUT2D eigenvalue weighted by Gasteiger charge is 2.12. The highest BCUT2D eigenvalue weighted by atomic mass is 16.5. The molecule has 0 atom stereocenters. The Labute approximate surface area is 77.1 Å². The topological polar surface area (TPSA) is 109 Å². The molecule has 1 aliphatic carbocycles. The summed E-state index contributed by atoms with van der Waals surface area (Å²) in [4.78, 5) is 0. The minimum absolute atomic E-state index is 0.114. The summed E-state index contributed by atoms with van der Waals surface area (Å²) in [5, 5.41) is 14.4. The molecule has 0 radical (unpaired) electrons. The lowest BCUT2D eigenvalue weighted by Crippen LogP contribution is -2.18. The second-order valence-corrected chi connectivity index (χ2v) is 2.14. The molecule has 0 saturated heterocycles. The first-order chi connectivity index (χ1) is 6.15. The third kappa shape index (κ3) is 2.72. The Bertz CT molecular complexity index is 278. The van der Waals surface area contributed by atoms with E-state index in [1.54, 1.807) is 0 Å². The molecule has 5 nitrogen and oxygen atoms in total. The minimum Gasteiger partial charge on any atom is -0.495 e. The smallest absolute Gasteiger partial charge is 0.144 e. The number of rotatable bonds is 1. The van der Waals surface area contributed by atoms with E-state index in [0.717, 1.165) is 0 Å². The SMILES string of the molecule is CN.COC1=CC(=N)C(=N)C=C1N. The summed E-state index contributed by atoms with van der Waals surface area (Å²) in [7, 11) is 2.98. The minimum atomic E-state index is 0.114. The number of methoxy groups -OCH3 is 1. The number of nitrogens with one attached hydrogen (secondary N) is 2. The van der Waals surface area contributed by atoms with E-state index >= 15 is 0 Å². The second-order valence-electron chi connectivity index (χ2n) is 2.14. The Kier molecular flexibility index (Phi) is 4.47. The van der Waals surface area contributed by atoms with E-state index in [4.69, 9.17) is 21.3 Å². The molecule has 0 saturated carbocycles. The third-order valence-corrected chi connectivity index (χ3v) is 1.37. The fraction of sp³-hybridized carbons (Fsp3) is 0.250. The van der Waals surface area contributed by atoms with E-state index in [9.17, 15) is 0 Å². The Hall–Kier alpha value is -1.62. The highest BCUT2D eigenvalue weighted by molar-refractivity contribution is 6.49. The monoisotopic (exact) mass is 182 g/mol. The van der Waals surface area contributed by atoms with Gasteiger partial charge in [0.15, 0.2) is 0 Å². The summed E-state index contributed by atoms with van der Waals surface area (Å²) in [5.41, 5.74) is 10.6. The zero-order valence-corrected chi connectivity index (χ0v) is 7.72. The molecule has 0 unspecified atom stereocenters. The van der Waals surface area contributed by atoms with Crippen LogP contribution in [0.3, 0.4) is 0 Å². The summed E-state index contributed by atoms with van der Waals surface area (Å²) < 4.78 is 4.85. The van der Waals surface area contributed by atoms with Crippen molar-refractivity contribution in [3.05, 3.63) is 23.6 Å². The maximum atomic E-state index is 7.24. The molecule has 0 aromatic heterocycles. The average molecular weight is 182 g/mol. The fourth-order valence-electron chi connectivity index (χ4n) is 0.773. The Morgan fingerprint density at radius 3 is 2.08 bits per heavy atom. The van der Waals surface area contributed by atoms with Crippen molar-refractivity contribution in [3.8, 4) is 0 Å². The van der Waals surface area contributed by atoms with Crippen LogP contribution in [-0.4, -0.2) is 25.6 Å². The molecule has 13 heavy (non-hydrogen) atoms. The van der Waals surface area contributed by atoms with E-state index in [-0.39, 0.29) is 11.4 Å². The molecule has 0 amide bonds. The molecule has 0 bridgehead atoms. The zero-order valence-electron chi connectivity index (χ0n) is 7.72. The number of hydrogen-bond acceptors (Lipinski definition) is 5. The van der Waals surface area contributed by atoms with Crippen LogP contribution in [0.1, 0.15) is 0 Å². The number of allylic oxidation sites excluding steroid dienone is 2. The molecule has 0 aromatic rings. The van der Waals surface area contributed by atoms with E-state index in [2.05, 4.69) is 5.73 Å². The quantitative estimate of drug-likeness (QED) is 0.428. The molecule has 72 valence electrons. The Morgan fingerprint density at radius 2 is 1.62 bits per heavy atom. The first-order valence-corrected chi connectivity index (χ1v) is 3.63. The standard InChI is InChI=1S/C7H9N3O.CH5N/c1-11-7-3-5(9)4(8)2-6(7)10;1-2/h2-3,8-9H,10H2,1H3;2H2,1H3. The molecule has 6 N–H and O–H groups in total. The summed E-state index contributed by atoms with van der Waals surface area (Å²) in [6.45, 7) is 0. The maximum Gasteiger partial charge on any atom is 0.144 e. The van der Waals surface area contributed by atoms with Crippen LogP contribution in [0.2, 0.25) is 0 Å². The van der Waals surface area contributed by atoms with Gasteiger partial charge in [-0.05, 0) is 13.1 Å². The number of nitrogens with two attached hydrogens (primary N) is 2. The fourth-order valence-corrected chi connectivity index (χ4v) is 0.773. The van der Waals surface area contributed by atoms with Crippen molar-refractivity contribution < 1.29 is 4.74 Å². The van der Waals surface area contributed by atoms with Crippen molar-refractivity contribution in [2.75, 3.05) is 14.2 Å². The molecule has 0 heterocycles. The maximum absolute atomic E-state index is 7.24. The average Bonchev–Trinajstić information content (AvgIpc) is 2.15. The van der Waals surface area contributed by atoms with Crippen molar-refractivity contribution in [1.82, 2.24) is 0 Å². The molecule has 0 spiro atoms. The largest absolute Gasteiger partial charge is 0.495 e. The molecular weight excluding hydrogens is 168 g/mol. The van der Waals surface area contributed by atoms with Crippen molar-refractivity contribution in [3.63, 3.8) is 0 Å². The lowest BCUT2D eigenvalue weighted by atomic mass is 10.1. The van der Waals surface area contributed by atoms with E-state index in [1.165, 1.54) is 26.3 Å². The Morgan fingerprint density at radius 1 is 1.15 bits per heavy atom. The van der Waals surface area contributed by atoms with Crippen LogP contribution in [0.15, 0.2) is 23.6 Å². The molecule has 0 fully saturated rings. The van der Waals surface area contributed by atoms with E-state index < -0.39 is 0 Å². The first kappa shape index (κ1) is 11.4. The normalized spacial score (nSPS) is 15.3. The lowest BCUT2D eigenvalue weighted by Gasteiger charge is -2.11. The Balaban J connectivity index is 0.000000671. The number of hydrogen-bond donors (Lipinski definition) is 4. The van der Waals surface area contributed by atoms with Gasteiger partial charge in [-0.15, -0.1) is 0 Å². The summed E-state index contributed by atoms with van der Waals surface area (Å²) >= 11 is 0. The van der Waals surface area contributed by atoms with Crippen molar-refractivity contribution in [1.29, 1.82) is 10.8 Å². The lowest BCUT2D eigenvalue weighted by molar-refractivity contribution is 0.300. The van der Waals surface area contributed by atoms with Gasteiger partial charge < -0.3 is 16.2 Å². The van der Waals surface area contributed by atoms with Crippen LogP contribution in [0.5, 0.6) is 0 Å². The van der Waals surface area contributed by atoms with Gasteiger partial charge in [0, 0.05) is 6.08 Å². The highest BCUT2D eigenvalue weighted by Crippen LogP contribution is 2.10. The third-order valence-electron chi connectivity index (χ3n) is 1.37. The first-order valence-electron chi connectivity index (χ1n) is 3.63. The van der Waals surface area contributed by atoms with E-state index in [0.29, 0.717) is 11.5 Å². The summed E-state index contributed by atoms with van der Waals surface area (Å²) in [6.07, 6.45) is 2.83. The van der Waals surface area contributed by atoms with Gasteiger partial charge in [0.2, 0.25) is 0 Å². The van der Waals surface area contributed by atoms with Crippen LogP contribution in [0, 0.1) is 10.8 Å². The van der Waals surface area contributed by atoms with Gasteiger partial charge in [-0.3, -0.25) is 10.8 Å². The van der Waals surface area contributed by atoms with Gasteiger partial charge in [-0.1, -0.05) is 0 Å². The van der Waals surface area contributed by atoms with Crippen LogP contribution < -0.4 is 11.5 Å². The second kappa shape index (κ2) is 5.10. The molecule has 5 heteroatoms. The van der Waals surface area contributed by atoms with Gasteiger partial charge in [0.1, 0.15) is 5.76 Å². The van der Waals surface area contributed by atoms with Crippen LogP contribution in [0.25, 0.3) is 0 Å². The molecule has 1 rings (SSSR count). The van der Waals surface area contributed by atoms with Crippen LogP contribution >= 0.6 is 0 Å². The van der Waals surface area contributed by atoms with E-state index in [1.807, 2.05) is 0 Å². The van der Waals surface area contributed by atoms with Crippen molar-refractivity contribution in [2.24, 2.45) is 11.5 Å².